The van der Waals surface area contributed by atoms with Gasteiger partial charge in [-0.1, -0.05) is 196 Å². The third-order valence-corrected chi connectivity index (χ3v) is 16.1. The van der Waals surface area contributed by atoms with E-state index in [1.807, 2.05) is 17.5 Å². The van der Waals surface area contributed by atoms with Crippen LogP contribution in [0.25, 0.3) is 81.2 Å². The lowest BCUT2D eigenvalue weighted by molar-refractivity contribution is 0.479. The fraction of sp³-hybridized carbons (Fsp3) is 0.169. The van der Waals surface area contributed by atoms with Crippen LogP contribution in [0.2, 0.25) is 0 Å². The molecule has 0 aliphatic rings. The molecule has 0 aliphatic heterocycles. The monoisotopic (exact) mass is 1020 g/mol. The van der Waals surface area contributed by atoms with Gasteiger partial charge in [-0.2, -0.15) is 0 Å². The molecule has 0 bridgehead atoms. The summed E-state index contributed by atoms with van der Waals surface area (Å²) in [6.07, 6.45) is 1.95. The number of aromatic nitrogens is 2. The van der Waals surface area contributed by atoms with Crippen molar-refractivity contribution in [3.05, 3.63) is 229 Å². The highest BCUT2D eigenvalue weighted by Gasteiger charge is 2.24. The summed E-state index contributed by atoms with van der Waals surface area (Å²) in [6.45, 7) is 20.4. The number of thiophene rings is 1. The normalized spacial score (nSPS) is 12.2. The summed E-state index contributed by atoms with van der Waals surface area (Å²) in [5.41, 5.74) is 16.4. The van der Waals surface area contributed by atoms with Crippen molar-refractivity contribution < 1.29 is 4.74 Å². The van der Waals surface area contributed by atoms with Crippen molar-refractivity contribution in [2.24, 2.45) is 0 Å². The van der Waals surface area contributed by atoms with E-state index >= 15 is 0 Å². The zero-order chi connectivity index (χ0) is 53.2. The molecule has 0 radical (unpaired) electrons. The quantitative estimate of drug-likeness (QED) is 0.143. The van der Waals surface area contributed by atoms with Crippen molar-refractivity contribution in [2.75, 3.05) is 10.6 Å². The Balaban J connectivity index is 0.949. The molecule has 0 saturated heterocycles. The summed E-state index contributed by atoms with van der Waals surface area (Å²) < 4.78 is 11.9. The SMILES string of the molecule is CC(C)(C)c1cc(Nc2ccccc2Nc2c(-c3cccc(-c4ccccc4)c3)cccc2-c2cccc(C(C)(C)C)c2)cc(Oc2ccc3c4sc5ccc6ccccc6c5c4n(-c4cc(C(C)(C)C)ccn4)c3c2)c1. The predicted molar refractivity (Wildman–Crippen MR) is 330 cm³/mol. The Bertz CT molecular complexity index is 4200. The summed E-state index contributed by atoms with van der Waals surface area (Å²) >= 11 is 1.85. The van der Waals surface area contributed by atoms with Crippen LogP contribution in [0, 0.1) is 0 Å². The molecular weight excluding hydrogens is 957 g/mol. The largest absolute Gasteiger partial charge is 0.457 e. The Hall–Kier alpha value is -8.45. The fourth-order valence-corrected chi connectivity index (χ4v) is 11.9. The number of nitrogens with one attached hydrogen (secondary N) is 2. The number of pyridine rings is 1. The van der Waals surface area contributed by atoms with Crippen molar-refractivity contribution in [1.82, 2.24) is 9.55 Å². The first-order valence-electron chi connectivity index (χ1n) is 26.8. The van der Waals surface area contributed by atoms with Crippen molar-refractivity contribution in [1.29, 1.82) is 0 Å². The minimum Gasteiger partial charge on any atom is -0.457 e. The maximum atomic E-state index is 7.04. The van der Waals surface area contributed by atoms with Crippen molar-refractivity contribution in [2.45, 2.75) is 78.6 Å². The lowest BCUT2D eigenvalue weighted by atomic mass is 9.85. The number of nitrogens with zero attached hydrogens (tertiary/aromatic N) is 2. The Kier molecular flexibility index (Phi) is 12.4. The molecule has 3 aromatic heterocycles. The Labute approximate surface area is 456 Å². The van der Waals surface area contributed by atoms with Crippen molar-refractivity contribution in [3.63, 3.8) is 0 Å². The van der Waals surface area contributed by atoms with Gasteiger partial charge in [0.05, 0.1) is 32.8 Å². The lowest BCUT2D eigenvalue weighted by Gasteiger charge is -2.24. The van der Waals surface area contributed by atoms with Gasteiger partial charge in [0.25, 0.3) is 0 Å². The topological polar surface area (TPSA) is 51.1 Å². The van der Waals surface area contributed by atoms with E-state index in [-0.39, 0.29) is 16.2 Å². The number of benzene rings is 9. The number of ether oxygens (including phenoxy) is 1. The molecule has 12 rings (SSSR count). The van der Waals surface area contributed by atoms with Crippen LogP contribution in [0.5, 0.6) is 11.5 Å². The summed E-state index contributed by atoms with van der Waals surface area (Å²) in [5.74, 6) is 2.39. The van der Waals surface area contributed by atoms with Crippen LogP contribution in [-0.4, -0.2) is 9.55 Å². The second-order valence-corrected chi connectivity index (χ2v) is 24.6. The lowest BCUT2D eigenvalue weighted by Crippen LogP contribution is -2.12. The summed E-state index contributed by atoms with van der Waals surface area (Å²) in [5, 5.41) is 12.8. The molecule has 0 atom stereocenters. The molecule has 0 spiro atoms. The Morgan fingerprint density at radius 1 is 0.455 bits per heavy atom. The predicted octanol–water partition coefficient (Wildman–Crippen LogP) is 20.7. The second-order valence-electron chi connectivity index (χ2n) is 23.5. The van der Waals surface area contributed by atoms with Crippen LogP contribution >= 0.6 is 11.3 Å². The average molecular weight is 1020 g/mol. The fourth-order valence-electron chi connectivity index (χ4n) is 10.7. The van der Waals surface area contributed by atoms with Gasteiger partial charge in [0.15, 0.2) is 0 Å². The van der Waals surface area contributed by atoms with Gasteiger partial charge in [-0.3, -0.25) is 4.57 Å². The van der Waals surface area contributed by atoms with Gasteiger partial charge in [0, 0.05) is 50.6 Å². The standard InChI is InChI=1S/C71H64N4OS/c1-69(2,3)50-26-18-25-49(39-50)58-29-19-28-57(48-24-17-23-47(38-48)45-20-11-10-12-21-45)66(58)74-61-31-16-15-30-60(61)73-53-40-52(71(7,8)9)41-55(43-53)76-54-33-34-59-62(44-54)75(64-42-51(36-37-72-64)70(4,5)6)67-65-56-27-14-13-22-46(56)32-35-63(65)77-68(59)67/h10-44,73-74H,1-9H3. The molecule has 5 nitrogen and oxygen atoms in total. The third kappa shape index (κ3) is 9.64. The highest BCUT2D eigenvalue weighted by Crippen LogP contribution is 2.47. The first-order valence-corrected chi connectivity index (χ1v) is 27.6. The average Bonchev–Trinajstić information content (AvgIpc) is 4.20. The smallest absolute Gasteiger partial charge is 0.137 e. The number of anilines is 4. The molecular formula is C71H64N4OS. The molecule has 6 heteroatoms. The highest BCUT2D eigenvalue weighted by molar-refractivity contribution is 7.27. The van der Waals surface area contributed by atoms with E-state index in [4.69, 9.17) is 9.72 Å². The van der Waals surface area contributed by atoms with Crippen LogP contribution in [0.3, 0.4) is 0 Å². The van der Waals surface area contributed by atoms with Gasteiger partial charge in [0.2, 0.25) is 0 Å². The summed E-state index contributed by atoms with van der Waals surface area (Å²) in [6, 6.07) is 74.4. The number of para-hydroxylation sites is 3. The van der Waals surface area contributed by atoms with Gasteiger partial charge in [-0.05, 0) is 127 Å². The van der Waals surface area contributed by atoms with Crippen molar-refractivity contribution >= 4 is 76.1 Å². The molecule has 3 heterocycles. The van der Waals surface area contributed by atoms with E-state index in [0.717, 1.165) is 73.4 Å². The van der Waals surface area contributed by atoms with E-state index in [9.17, 15) is 0 Å². The molecule has 2 N–H and O–H groups in total. The zero-order valence-corrected chi connectivity index (χ0v) is 46.2. The first-order chi connectivity index (χ1) is 37.0. The van der Waals surface area contributed by atoms with E-state index < -0.39 is 0 Å². The van der Waals surface area contributed by atoms with Gasteiger partial charge < -0.3 is 15.4 Å². The van der Waals surface area contributed by atoms with Gasteiger partial charge in [-0.25, -0.2) is 4.98 Å². The van der Waals surface area contributed by atoms with Gasteiger partial charge >= 0.3 is 0 Å². The molecule has 0 aliphatic carbocycles. The van der Waals surface area contributed by atoms with E-state index in [0.29, 0.717) is 0 Å². The van der Waals surface area contributed by atoms with Crippen LogP contribution in [0.1, 0.15) is 79.0 Å². The maximum Gasteiger partial charge on any atom is 0.137 e. The van der Waals surface area contributed by atoms with Crippen LogP contribution in [-0.2, 0) is 16.2 Å². The Morgan fingerprint density at radius 2 is 1.09 bits per heavy atom. The van der Waals surface area contributed by atoms with Gasteiger partial charge in [0.1, 0.15) is 17.3 Å². The first kappa shape index (κ1) is 49.4. The van der Waals surface area contributed by atoms with Crippen LogP contribution in [0.4, 0.5) is 22.7 Å². The summed E-state index contributed by atoms with van der Waals surface area (Å²) in [7, 11) is 0. The second kappa shape index (κ2) is 19.3. The summed E-state index contributed by atoms with van der Waals surface area (Å²) in [4.78, 5) is 5.08. The molecule has 12 aromatic rings. The van der Waals surface area contributed by atoms with Crippen LogP contribution in [0.15, 0.2) is 212 Å². The molecule has 0 fully saturated rings. The zero-order valence-electron chi connectivity index (χ0n) is 45.4. The number of fused-ring (bicyclic) bond motifs is 7. The number of hydrogen-bond acceptors (Lipinski definition) is 5. The molecule has 380 valence electrons. The van der Waals surface area contributed by atoms with Crippen molar-refractivity contribution in [3.8, 4) is 50.7 Å². The van der Waals surface area contributed by atoms with E-state index in [1.54, 1.807) is 0 Å². The van der Waals surface area contributed by atoms with Gasteiger partial charge in [-0.15, -0.1) is 11.3 Å². The highest BCUT2D eigenvalue weighted by atomic mass is 32.1. The van der Waals surface area contributed by atoms with E-state index in [1.165, 1.54) is 58.7 Å². The Morgan fingerprint density at radius 3 is 1.84 bits per heavy atom. The number of hydrogen-bond donors (Lipinski definition) is 2. The molecule has 0 amide bonds. The minimum absolute atomic E-state index is 0.0119. The molecule has 9 aromatic carbocycles. The van der Waals surface area contributed by atoms with E-state index in [2.05, 4.69) is 284 Å². The molecule has 0 unspecified atom stereocenters. The van der Waals surface area contributed by atoms with Crippen LogP contribution < -0.4 is 15.4 Å². The molecule has 77 heavy (non-hydrogen) atoms. The molecule has 0 saturated carbocycles. The number of rotatable bonds is 10. The third-order valence-electron chi connectivity index (χ3n) is 14.9. The minimum atomic E-state index is -0.173. The maximum absolute atomic E-state index is 7.04.